The number of benzene rings is 2. The Morgan fingerprint density at radius 3 is 2.38 bits per heavy atom. The van der Waals surface area contributed by atoms with Gasteiger partial charge in [0.1, 0.15) is 0 Å². The summed E-state index contributed by atoms with van der Waals surface area (Å²) in [4.78, 5) is 42.2. The Bertz CT molecular complexity index is 1410. The van der Waals surface area contributed by atoms with E-state index in [-0.39, 0.29) is 28.7 Å². The number of carbonyl (C=O) groups is 3. The smallest absolute Gasteiger partial charge is 0.334 e. The standard InChI is InChI=1S/C21H25N3O9S4/c1-23(2)16-7-3-6-15-14(16)5-4-8-17(15)36(28,29)22-10-12-35-34-11-9-20(26)33-24-19(25)13-18(21(24)27)37(30,31)32/h3-8,18,22H,9-13H2,1-2H3,(H,30,31,32)/t18-/m0/s1. The van der Waals surface area contributed by atoms with E-state index >= 15 is 0 Å². The molecule has 1 saturated heterocycles. The van der Waals surface area contributed by atoms with Crippen molar-refractivity contribution in [1.29, 1.82) is 0 Å². The molecule has 0 bridgehead atoms. The minimum Gasteiger partial charge on any atom is -0.377 e. The molecule has 0 unspecified atom stereocenters. The Morgan fingerprint density at radius 1 is 1.08 bits per heavy atom. The number of hydrogen-bond acceptors (Lipinski definition) is 11. The van der Waals surface area contributed by atoms with Gasteiger partial charge in [-0.15, -0.1) is 5.06 Å². The molecule has 1 heterocycles. The first kappa shape index (κ1) is 29.2. The molecule has 0 aromatic heterocycles. The zero-order valence-corrected chi connectivity index (χ0v) is 23.1. The third-order valence-corrected chi connectivity index (χ3v) is 10.2. The van der Waals surface area contributed by atoms with Crippen LogP contribution in [-0.4, -0.2) is 81.6 Å². The van der Waals surface area contributed by atoms with Gasteiger partial charge in [0, 0.05) is 48.6 Å². The third kappa shape index (κ3) is 7.14. The van der Waals surface area contributed by atoms with Crippen LogP contribution in [0.25, 0.3) is 10.8 Å². The van der Waals surface area contributed by atoms with Crippen LogP contribution in [0.4, 0.5) is 5.69 Å². The maximum Gasteiger partial charge on any atom is 0.334 e. The molecular formula is C21H25N3O9S4. The van der Waals surface area contributed by atoms with Gasteiger partial charge in [0.05, 0.1) is 17.7 Å². The highest BCUT2D eigenvalue weighted by atomic mass is 33.1. The summed E-state index contributed by atoms with van der Waals surface area (Å²) in [6.45, 7) is 0.141. The summed E-state index contributed by atoms with van der Waals surface area (Å²) in [6, 6.07) is 10.6. The van der Waals surface area contributed by atoms with E-state index in [9.17, 15) is 31.2 Å². The first-order valence-corrected chi connectivity index (χ1v) is 16.3. The SMILES string of the molecule is CN(C)c1cccc2c(S(=O)(=O)NCCSSCCC(=O)ON3C(=O)C[C@H](S(=O)(=O)O)C3=O)cccc12. The summed E-state index contributed by atoms with van der Waals surface area (Å²) >= 11 is 0. The number of hydrogen-bond donors (Lipinski definition) is 2. The van der Waals surface area contributed by atoms with Crippen LogP contribution in [0.2, 0.25) is 0 Å². The molecule has 16 heteroatoms. The highest BCUT2D eigenvalue weighted by molar-refractivity contribution is 8.76. The molecule has 2 aromatic rings. The van der Waals surface area contributed by atoms with Crippen molar-refractivity contribution in [3.8, 4) is 0 Å². The summed E-state index contributed by atoms with van der Waals surface area (Å²) in [5, 5.41) is -0.495. The van der Waals surface area contributed by atoms with Crippen molar-refractivity contribution in [1.82, 2.24) is 9.79 Å². The van der Waals surface area contributed by atoms with Crippen molar-refractivity contribution in [2.75, 3.05) is 37.0 Å². The minimum absolute atomic E-state index is 0.0577. The summed E-state index contributed by atoms with van der Waals surface area (Å²) < 4.78 is 59.6. The van der Waals surface area contributed by atoms with Gasteiger partial charge in [-0.05, 0) is 12.1 Å². The number of nitrogens with one attached hydrogen (secondary N) is 1. The summed E-state index contributed by atoms with van der Waals surface area (Å²) in [5.74, 6) is -2.67. The van der Waals surface area contributed by atoms with Crippen LogP contribution in [0, 0.1) is 0 Å². The molecule has 2 amide bonds. The number of nitrogens with zero attached hydrogens (tertiary/aromatic N) is 2. The van der Waals surface area contributed by atoms with E-state index in [1.165, 1.54) is 21.6 Å². The Labute approximate surface area is 222 Å². The first-order chi connectivity index (χ1) is 17.3. The fourth-order valence-electron chi connectivity index (χ4n) is 3.49. The summed E-state index contributed by atoms with van der Waals surface area (Å²) in [5.41, 5.74) is 0.900. The molecule has 202 valence electrons. The van der Waals surface area contributed by atoms with Crippen LogP contribution in [0.1, 0.15) is 12.8 Å². The maximum atomic E-state index is 12.9. The average molecular weight is 592 g/mol. The van der Waals surface area contributed by atoms with Gasteiger partial charge in [0.15, 0.2) is 5.25 Å². The fraction of sp³-hybridized carbons (Fsp3) is 0.381. The van der Waals surface area contributed by atoms with Crippen molar-refractivity contribution in [2.45, 2.75) is 23.0 Å². The number of imide groups is 1. The van der Waals surface area contributed by atoms with Crippen LogP contribution >= 0.6 is 21.6 Å². The van der Waals surface area contributed by atoms with Gasteiger partial charge < -0.3 is 9.74 Å². The third-order valence-electron chi connectivity index (χ3n) is 5.20. The number of anilines is 1. The topological polar surface area (TPSA) is 167 Å². The summed E-state index contributed by atoms with van der Waals surface area (Å²) in [6.07, 6.45) is -0.998. The van der Waals surface area contributed by atoms with Gasteiger partial charge in [-0.2, -0.15) is 8.42 Å². The van der Waals surface area contributed by atoms with E-state index in [0.29, 0.717) is 11.1 Å². The Morgan fingerprint density at radius 2 is 1.73 bits per heavy atom. The molecule has 1 aliphatic heterocycles. The second-order valence-corrected chi connectivity index (χ2v) is 14.0. The number of hydroxylamine groups is 2. The first-order valence-electron chi connectivity index (χ1n) is 10.8. The van der Waals surface area contributed by atoms with Gasteiger partial charge >= 0.3 is 5.97 Å². The van der Waals surface area contributed by atoms with Crippen LogP contribution in [0.15, 0.2) is 41.3 Å². The van der Waals surface area contributed by atoms with E-state index < -0.39 is 49.6 Å². The lowest BCUT2D eigenvalue weighted by Gasteiger charge is -2.17. The molecule has 12 nitrogen and oxygen atoms in total. The van der Waals surface area contributed by atoms with E-state index in [0.717, 1.165) is 11.1 Å². The molecule has 37 heavy (non-hydrogen) atoms. The Hall–Kier alpha value is -2.37. The minimum atomic E-state index is -4.79. The van der Waals surface area contributed by atoms with Crippen molar-refractivity contribution < 1.29 is 40.6 Å². The maximum absolute atomic E-state index is 12.9. The van der Waals surface area contributed by atoms with Crippen LogP contribution in [0.3, 0.4) is 0 Å². The highest BCUT2D eigenvalue weighted by Gasteiger charge is 2.48. The fourth-order valence-corrected chi connectivity index (χ4v) is 7.45. The number of sulfonamides is 1. The zero-order valence-electron chi connectivity index (χ0n) is 19.8. The largest absolute Gasteiger partial charge is 0.377 e. The number of amides is 2. The molecule has 1 aliphatic rings. The van der Waals surface area contributed by atoms with Crippen molar-refractivity contribution in [3.05, 3.63) is 36.4 Å². The molecule has 0 radical (unpaired) electrons. The zero-order chi connectivity index (χ0) is 27.4. The van der Waals surface area contributed by atoms with Gasteiger partial charge in [-0.3, -0.25) is 14.1 Å². The van der Waals surface area contributed by atoms with Crippen molar-refractivity contribution in [2.24, 2.45) is 0 Å². The predicted molar refractivity (Wildman–Crippen MR) is 141 cm³/mol. The van der Waals surface area contributed by atoms with Gasteiger partial charge in [-0.1, -0.05) is 45.9 Å². The molecular weight excluding hydrogens is 567 g/mol. The van der Waals surface area contributed by atoms with E-state index in [1.807, 2.05) is 31.1 Å². The molecule has 3 rings (SSSR count). The second kappa shape index (κ2) is 12.0. The molecule has 0 spiro atoms. The van der Waals surface area contributed by atoms with Crippen molar-refractivity contribution in [3.63, 3.8) is 0 Å². The average Bonchev–Trinajstić information content (AvgIpc) is 3.11. The predicted octanol–water partition coefficient (Wildman–Crippen LogP) is 1.43. The van der Waals surface area contributed by atoms with Crippen LogP contribution < -0.4 is 9.62 Å². The van der Waals surface area contributed by atoms with E-state index in [1.54, 1.807) is 24.3 Å². The lowest BCUT2D eigenvalue weighted by Crippen LogP contribution is -2.36. The van der Waals surface area contributed by atoms with E-state index in [2.05, 4.69) is 9.56 Å². The molecule has 1 atom stereocenters. The van der Waals surface area contributed by atoms with Crippen LogP contribution in [-0.2, 0) is 39.4 Å². The Kier molecular flexibility index (Phi) is 9.47. The summed E-state index contributed by atoms with van der Waals surface area (Å²) in [7, 11) is -2.24. The lowest BCUT2D eigenvalue weighted by molar-refractivity contribution is -0.197. The lowest BCUT2D eigenvalue weighted by atomic mass is 10.1. The molecule has 0 saturated carbocycles. The van der Waals surface area contributed by atoms with Gasteiger partial charge in [0.2, 0.25) is 10.0 Å². The van der Waals surface area contributed by atoms with Crippen LogP contribution in [0.5, 0.6) is 0 Å². The van der Waals surface area contributed by atoms with Gasteiger partial charge in [0.25, 0.3) is 21.9 Å². The molecule has 0 aliphatic carbocycles. The Balaban J connectivity index is 1.43. The monoisotopic (exact) mass is 591 g/mol. The molecule has 1 fully saturated rings. The normalized spacial score (nSPS) is 16.4. The van der Waals surface area contributed by atoms with Gasteiger partial charge in [-0.25, -0.2) is 17.9 Å². The number of fused-ring (bicyclic) bond motifs is 1. The van der Waals surface area contributed by atoms with E-state index in [4.69, 9.17) is 4.55 Å². The number of carbonyl (C=O) groups excluding carboxylic acids is 3. The molecule has 2 N–H and O–H groups in total. The second-order valence-electron chi connectivity index (χ2n) is 8.01. The quantitative estimate of drug-likeness (QED) is 0.158. The van der Waals surface area contributed by atoms with Crippen molar-refractivity contribution >= 4 is 76.0 Å². The molecule has 2 aromatic carbocycles. The number of rotatable bonds is 12. The highest BCUT2D eigenvalue weighted by Crippen LogP contribution is 2.30.